The van der Waals surface area contributed by atoms with Gasteiger partial charge in [0.15, 0.2) is 0 Å². The summed E-state index contributed by atoms with van der Waals surface area (Å²) < 4.78 is 5.28. The van der Waals surface area contributed by atoms with Gasteiger partial charge in [-0.2, -0.15) is 0 Å². The lowest BCUT2D eigenvalue weighted by atomic mass is 10.1. The molecule has 1 fully saturated rings. The minimum atomic E-state index is -0.334. The smallest absolute Gasteiger partial charge is 0.229 e. The number of likely N-dealkylation sites (tertiary alicyclic amines) is 1. The van der Waals surface area contributed by atoms with Crippen molar-refractivity contribution in [1.82, 2.24) is 4.90 Å². The maximum absolute atomic E-state index is 12.6. The van der Waals surface area contributed by atoms with E-state index < -0.39 is 0 Å². The first-order valence-electron chi connectivity index (χ1n) is 8.35. The third-order valence-electron chi connectivity index (χ3n) is 4.65. The molecule has 132 valence electrons. The number of nitrogens with zero attached hydrogens (tertiary/aromatic N) is 1. The number of hydrogen-bond donors (Lipinski definition) is 1. The number of nitrogens with one attached hydrogen (secondary N) is 1. The van der Waals surface area contributed by atoms with Gasteiger partial charge in [0.1, 0.15) is 5.75 Å². The minimum Gasteiger partial charge on any atom is -0.495 e. The van der Waals surface area contributed by atoms with Crippen LogP contribution in [0.3, 0.4) is 0 Å². The molecular formula is C18H25ClN2O3. The van der Waals surface area contributed by atoms with Gasteiger partial charge in [-0.05, 0) is 31.4 Å². The molecule has 2 rings (SSSR count). The van der Waals surface area contributed by atoms with Gasteiger partial charge in [-0.15, -0.1) is 0 Å². The summed E-state index contributed by atoms with van der Waals surface area (Å²) in [5.74, 6) is 0.0823. The number of ether oxygens (including phenoxy) is 1. The molecular weight excluding hydrogens is 328 g/mol. The highest BCUT2D eigenvalue weighted by atomic mass is 35.5. The van der Waals surface area contributed by atoms with E-state index in [1.165, 1.54) is 7.11 Å². The summed E-state index contributed by atoms with van der Waals surface area (Å²) in [7, 11) is 1.53. The molecule has 0 spiro atoms. The van der Waals surface area contributed by atoms with Gasteiger partial charge in [0, 0.05) is 30.1 Å². The van der Waals surface area contributed by atoms with Crippen LogP contribution >= 0.6 is 11.6 Å². The van der Waals surface area contributed by atoms with Gasteiger partial charge in [0.05, 0.1) is 18.7 Å². The minimum absolute atomic E-state index is 0.0584. The molecule has 1 aliphatic heterocycles. The zero-order chi connectivity index (χ0) is 17.9. The molecule has 0 bridgehead atoms. The van der Waals surface area contributed by atoms with Crippen LogP contribution in [0.15, 0.2) is 12.1 Å². The van der Waals surface area contributed by atoms with Gasteiger partial charge < -0.3 is 15.0 Å². The Kier molecular flexibility index (Phi) is 6.10. The number of hydrogen-bond acceptors (Lipinski definition) is 3. The third-order valence-corrected chi connectivity index (χ3v) is 5.06. The summed E-state index contributed by atoms with van der Waals surface area (Å²) >= 11 is 6.09. The Labute approximate surface area is 148 Å². The molecule has 2 amide bonds. The number of carbonyl (C=O) groups is 2. The highest BCUT2D eigenvalue weighted by Gasteiger charge is 2.37. The molecule has 1 aromatic carbocycles. The van der Waals surface area contributed by atoms with E-state index in [0.29, 0.717) is 23.0 Å². The van der Waals surface area contributed by atoms with Crippen molar-refractivity contribution in [2.75, 3.05) is 19.0 Å². The maximum Gasteiger partial charge on any atom is 0.229 e. The molecule has 1 aliphatic rings. The standard InChI is InChI=1S/C18H25ClN2O3/c1-5-13(6-2)21-10-12(8-17(21)22)18(23)20-15-7-11(3)14(19)9-16(15)24-4/h7,9,12-13H,5-6,8,10H2,1-4H3,(H,20,23). The lowest BCUT2D eigenvalue weighted by molar-refractivity contribution is -0.130. The lowest BCUT2D eigenvalue weighted by Crippen LogP contribution is -2.36. The van der Waals surface area contributed by atoms with E-state index >= 15 is 0 Å². The Morgan fingerprint density at radius 2 is 2.08 bits per heavy atom. The van der Waals surface area contributed by atoms with Gasteiger partial charge in [0.2, 0.25) is 11.8 Å². The second-order valence-corrected chi connectivity index (χ2v) is 6.62. The van der Waals surface area contributed by atoms with Gasteiger partial charge in [-0.3, -0.25) is 9.59 Å². The second kappa shape index (κ2) is 7.88. The summed E-state index contributed by atoms with van der Waals surface area (Å²) in [6.07, 6.45) is 2.07. The van der Waals surface area contributed by atoms with Crippen LogP contribution in [0.5, 0.6) is 5.75 Å². The SMILES string of the molecule is CCC(CC)N1CC(C(=O)Nc2cc(C)c(Cl)cc2OC)CC1=O. The fourth-order valence-electron chi connectivity index (χ4n) is 3.15. The van der Waals surface area contributed by atoms with E-state index in [4.69, 9.17) is 16.3 Å². The number of rotatable bonds is 6. The van der Waals surface area contributed by atoms with E-state index in [9.17, 15) is 9.59 Å². The van der Waals surface area contributed by atoms with Crippen LogP contribution < -0.4 is 10.1 Å². The third kappa shape index (κ3) is 3.83. The molecule has 0 aliphatic carbocycles. The normalized spacial score (nSPS) is 17.5. The number of amides is 2. The van der Waals surface area contributed by atoms with E-state index in [1.807, 2.05) is 11.8 Å². The average molecular weight is 353 g/mol. The van der Waals surface area contributed by atoms with Crippen LogP contribution in [0, 0.1) is 12.8 Å². The Balaban J connectivity index is 2.11. The number of carbonyl (C=O) groups excluding carboxylic acids is 2. The molecule has 0 aromatic heterocycles. The van der Waals surface area contributed by atoms with Crippen LogP contribution in [0.2, 0.25) is 5.02 Å². The van der Waals surface area contributed by atoms with Crippen molar-refractivity contribution in [3.05, 3.63) is 22.7 Å². The van der Waals surface area contributed by atoms with Crippen molar-refractivity contribution >= 4 is 29.1 Å². The Hall–Kier alpha value is -1.75. The Morgan fingerprint density at radius 1 is 1.42 bits per heavy atom. The van der Waals surface area contributed by atoms with Crippen molar-refractivity contribution in [2.24, 2.45) is 5.92 Å². The van der Waals surface area contributed by atoms with Crippen molar-refractivity contribution in [1.29, 1.82) is 0 Å². The molecule has 1 heterocycles. The highest BCUT2D eigenvalue weighted by molar-refractivity contribution is 6.31. The summed E-state index contributed by atoms with van der Waals surface area (Å²) in [6, 6.07) is 3.68. The first-order valence-corrected chi connectivity index (χ1v) is 8.73. The van der Waals surface area contributed by atoms with E-state index in [0.717, 1.165) is 18.4 Å². The van der Waals surface area contributed by atoms with Crippen molar-refractivity contribution in [3.63, 3.8) is 0 Å². The molecule has 0 saturated carbocycles. The van der Waals surface area contributed by atoms with Gasteiger partial charge in [-0.1, -0.05) is 25.4 Å². The zero-order valence-corrected chi connectivity index (χ0v) is 15.4. The summed E-state index contributed by atoms with van der Waals surface area (Å²) in [4.78, 5) is 26.7. The van der Waals surface area contributed by atoms with E-state index in [1.54, 1.807) is 12.1 Å². The fraction of sp³-hybridized carbons (Fsp3) is 0.556. The van der Waals surface area contributed by atoms with E-state index in [2.05, 4.69) is 19.2 Å². The van der Waals surface area contributed by atoms with Gasteiger partial charge in [-0.25, -0.2) is 0 Å². The average Bonchev–Trinajstić information content (AvgIpc) is 2.94. The van der Waals surface area contributed by atoms with Crippen LogP contribution in [0.1, 0.15) is 38.7 Å². The Morgan fingerprint density at radius 3 is 2.67 bits per heavy atom. The summed E-state index contributed by atoms with van der Waals surface area (Å²) in [6.45, 7) is 6.48. The van der Waals surface area contributed by atoms with Gasteiger partial charge in [0.25, 0.3) is 0 Å². The summed E-state index contributed by atoms with van der Waals surface area (Å²) in [5, 5.41) is 3.47. The first kappa shape index (κ1) is 18.6. The van der Waals surface area contributed by atoms with Crippen molar-refractivity contribution < 1.29 is 14.3 Å². The highest BCUT2D eigenvalue weighted by Crippen LogP contribution is 2.32. The van der Waals surface area contributed by atoms with Crippen LogP contribution in [0.25, 0.3) is 0 Å². The van der Waals surface area contributed by atoms with Crippen molar-refractivity contribution in [2.45, 2.75) is 46.1 Å². The molecule has 24 heavy (non-hydrogen) atoms. The van der Waals surface area contributed by atoms with Crippen LogP contribution in [0.4, 0.5) is 5.69 Å². The molecule has 1 saturated heterocycles. The predicted octanol–water partition coefficient (Wildman–Crippen LogP) is 3.63. The molecule has 1 aromatic rings. The van der Waals surface area contributed by atoms with Gasteiger partial charge >= 0.3 is 0 Å². The van der Waals surface area contributed by atoms with Crippen molar-refractivity contribution in [3.8, 4) is 5.75 Å². The number of halogens is 1. The molecule has 0 radical (unpaired) electrons. The zero-order valence-electron chi connectivity index (χ0n) is 14.7. The number of anilines is 1. The largest absolute Gasteiger partial charge is 0.495 e. The summed E-state index contributed by atoms with van der Waals surface area (Å²) in [5.41, 5.74) is 1.44. The van der Waals surface area contributed by atoms with E-state index in [-0.39, 0.29) is 30.2 Å². The molecule has 1 unspecified atom stereocenters. The first-order chi connectivity index (χ1) is 11.4. The predicted molar refractivity (Wildman–Crippen MR) is 95.6 cm³/mol. The molecule has 1 N–H and O–H groups in total. The molecule has 5 nitrogen and oxygen atoms in total. The lowest BCUT2D eigenvalue weighted by Gasteiger charge is -2.26. The molecule has 1 atom stereocenters. The number of methoxy groups -OCH3 is 1. The topological polar surface area (TPSA) is 58.6 Å². The van der Waals surface area contributed by atoms with Crippen LogP contribution in [-0.4, -0.2) is 36.4 Å². The number of benzene rings is 1. The van der Waals surface area contributed by atoms with Crippen LogP contribution in [-0.2, 0) is 9.59 Å². The molecule has 6 heteroatoms. The fourth-order valence-corrected chi connectivity index (χ4v) is 3.31. The maximum atomic E-state index is 12.6. The Bertz CT molecular complexity index is 629. The quantitative estimate of drug-likeness (QED) is 0.850. The second-order valence-electron chi connectivity index (χ2n) is 6.21. The number of aryl methyl sites for hydroxylation is 1. The monoisotopic (exact) mass is 352 g/mol.